The van der Waals surface area contributed by atoms with Gasteiger partial charge in [0.2, 0.25) is 5.91 Å². The van der Waals surface area contributed by atoms with Gasteiger partial charge in [-0.1, -0.05) is 25.2 Å². The second-order valence-corrected chi connectivity index (χ2v) is 8.96. The molecule has 35 heavy (non-hydrogen) atoms. The summed E-state index contributed by atoms with van der Waals surface area (Å²) in [5.74, 6) is 0.679. The molecule has 0 aromatic carbocycles. The van der Waals surface area contributed by atoms with Gasteiger partial charge < -0.3 is 15.1 Å². The third-order valence-electron chi connectivity index (χ3n) is 6.35. The first-order valence-corrected chi connectivity index (χ1v) is 12.4. The molecule has 1 saturated heterocycles. The summed E-state index contributed by atoms with van der Waals surface area (Å²) >= 11 is 0. The van der Waals surface area contributed by atoms with Gasteiger partial charge >= 0.3 is 0 Å². The minimum absolute atomic E-state index is 0.149. The van der Waals surface area contributed by atoms with Gasteiger partial charge in [-0.2, -0.15) is 0 Å². The molecule has 8 nitrogen and oxygen atoms in total. The minimum atomic E-state index is -0.308. The van der Waals surface area contributed by atoms with E-state index in [4.69, 9.17) is 10.8 Å². The lowest BCUT2D eigenvalue weighted by Gasteiger charge is -2.29. The van der Waals surface area contributed by atoms with Crippen molar-refractivity contribution in [2.45, 2.75) is 65.8 Å². The van der Waals surface area contributed by atoms with Crippen LogP contribution >= 0.6 is 0 Å². The molecule has 186 valence electrons. The van der Waals surface area contributed by atoms with Gasteiger partial charge in [0.1, 0.15) is 17.4 Å². The number of likely N-dealkylation sites (tertiary alicyclic amines) is 1. The Morgan fingerprint density at radius 3 is 2.71 bits per heavy atom. The Bertz CT molecular complexity index is 1090. The number of carbonyl (C=O) groups excluding carboxylic acids is 2. The van der Waals surface area contributed by atoms with Gasteiger partial charge in [-0.05, 0) is 68.4 Å². The number of nitrogens with one attached hydrogen (secondary N) is 3. The fraction of sp³-hybridized carbons (Fsp3) is 0.444. The highest BCUT2D eigenvalue weighted by Crippen LogP contribution is 2.20. The van der Waals surface area contributed by atoms with E-state index in [2.05, 4.69) is 10.3 Å². The van der Waals surface area contributed by atoms with Crippen molar-refractivity contribution in [3.8, 4) is 0 Å². The van der Waals surface area contributed by atoms with Crippen LogP contribution < -0.4 is 5.32 Å². The number of pyridine rings is 1. The first kappa shape index (κ1) is 26.1. The Hall–Kier alpha value is -3.55. The minimum Gasteiger partial charge on any atom is -0.338 e. The number of fused-ring (bicyclic) bond motifs is 1. The highest BCUT2D eigenvalue weighted by atomic mass is 16.2. The third kappa shape index (κ3) is 6.74. The van der Waals surface area contributed by atoms with Crippen molar-refractivity contribution in [1.82, 2.24) is 20.1 Å². The van der Waals surface area contributed by atoms with Crippen molar-refractivity contribution < 1.29 is 9.59 Å². The number of amidine groups is 2. The lowest BCUT2D eigenvalue weighted by atomic mass is 10.0. The molecule has 1 fully saturated rings. The zero-order valence-corrected chi connectivity index (χ0v) is 21.0. The Balaban J connectivity index is 1.62. The standard InChI is InChI=1S/C27H36N6O2/c1-4-9-25(34)32-15-13-20-17-30-23(16-21(20)18-32)27(35)31-22(5-2)11-8-10-19(3)26(29)33-14-7-6-12-24(33)28/h5,8,10-11,16-17,28-29H,4,6-7,9,12-15,18H2,1-3H3,(H,31,35)/b11-8-,19-10+,22-5-,28-24?,29-26?. The molecule has 3 heterocycles. The first-order valence-electron chi connectivity index (χ1n) is 12.4. The van der Waals surface area contributed by atoms with Crippen molar-refractivity contribution in [3.63, 3.8) is 0 Å². The van der Waals surface area contributed by atoms with Gasteiger partial charge in [0, 0.05) is 44.4 Å². The third-order valence-corrected chi connectivity index (χ3v) is 6.35. The fourth-order valence-corrected chi connectivity index (χ4v) is 4.22. The Morgan fingerprint density at radius 2 is 2.00 bits per heavy atom. The Kier molecular flexibility index (Phi) is 9.11. The van der Waals surface area contributed by atoms with E-state index in [1.807, 2.05) is 31.7 Å². The zero-order chi connectivity index (χ0) is 25.4. The number of nitrogens with zero attached hydrogens (tertiary/aromatic N) is 3. The van der Waals surface area contributed by atoms with Crippen LogP contribution in [0, 0.1) is 10.8 Å². The normalized spacial score (nSPS) is 16.9. The molecule has 8 heteroatoms. The number of rotatable bonds is 7. The van der Waals surface area contributed by atoms with Crippen LogP contribution in [0.1, 0.15) is 74.5 Å². The van der Waals surface area contributed by atoms with Crippen molar-refractivity contribution in [2.24, 2.45) is 0 Å². The molecule has 0 saturated carbocycles. The van der Waals surface area contributed by atoms with Gasteiger partial charge in [0.25, 0.3) is 5.91 Å². The summed E-state index contributed by atoms with van der Waals surface area (Å²) in [6, 6.07) is 1.78. The van der Waals surface area contributed by atoms with Crippen LogP contribution in [0.2, 0.25) is 0 Å². The molecule has 1 aromatic heterocycles. The second kappa shape index (κ2) is 12.2. The van der Waals surface area contributed by atoms with E-state index in [-0.39, 0.29) is 11.8 Å². The molecule has 0 atom stereocenters. The average molecular weight is 477 g/mol. The van der Waals surface area contributed by atoms with Gasteiger partial charge in [0.15, 0.2) is 0 Å². The van der Waals surface area contributed by atoms with Gasteiger partial charge in [-0.25, -0.2) is 0 Å². The first-order chi connectivity index (χ1) is 16.8. The fourth-order valence-electron chi connectivity index (χ4n) is 4.22. The summed E-state index contributed by atoms with van der Waals surface area (Å²) in [5.41, 5.74) is 3.75. The lowest BCUT2D eigenvalue weighted by Crippen LogP contribution is -2.39. The van der Waals surface area contributed by atoms with Crippen LogP contribution in [0.5, 0.6) is 0 Å². The van der Waals surface area contributed by atoms with E-state index >= 15 is 0 Å². The van der Waals surface area contributed by atoms with Gasteiger partial charge in [-0.15, -0.1) is 0 Å². The molecule has 2 aliphatic heterocycles. The topological polar surface area (TPSA) is 113 Å². The largest absolute Gasteiger partial charge is 0.338 e. The second-order valence-electron chi connectivity index (χ2n) is 8.96. The molecule has 0 aliphatic carbocycles. The predicted octanol–water partition coefficient (Wildman–Crippen LogP) is 4.34. The van der Waals surface area contributed by atoms with Crippen LogP contribution in [-0.4, -0.2) is 51.4 Å². The van der Waals surface area contributed by atoms with Gasteiger partial charge in [-0.3, -0.25) is 25.4 Å². The molecule has 2 amide bonds. The SMILES string of the molecule is C/C=C(/C=C\C=C(/C)C(=N)N1CCCCC1=N)NC(=O)c1cc2c(cn1)CCN(C(=O)CCC)C2. The Morgan fingerprint density at radius 1 is 1.20 bits per heavy atom. The van der Waals surface area contributed by atoms with Crippen molar-refractivity contribution in [3.05, 3.63) is 64.7 Å². The number of aromatic nitrogens is 1. The lowest BCUT2D eigenvalue weighted by molar-refractivity contribution is -0.132. The monoisotopic (exact) mass is 476 g/mol. The van der Waals surface area contributed by atoms with Crippen molar-refractivity contribution in [2.75, 3.05) is 13.1 Å². The highest BCUT2D eigenvalue weighted by molar-refractivity contribution is 6.06. The number of piperidine rings is 1. The van der Waals surface area contributed by atoms with Crippen LogP contribution in [0.3, 0.4) is 0 Å². The summed E-state index contributed by atoms with van der Waals surface area (Å²) < 4.78 is 0. The van der Waals surface area contributed by atoms with Crippen LogP contribution in [0.4, 0.5) is 0 Å². The molecule has 0 spiro atoms. The molecule has 0 bridgehead atoms. The van der Waals surface area contributed by atoms with Crippen LogP contribution in [-0.2, 0) is 17.8 Å². The Labute approximate surface area is 207 Å². The summed E-state index contributed by atoms with van der Waals surface area (Å²) in [6.07, 6.45) is 13.8. The van der Waals surface area contributed by atoms with E-state index in [9.17, 15) is 9.59 Å². The number of hydrogen-bond donors (Lipinski definition) is 3. The van der Waals surface area contributed by atoms with Crippen molar-refractivity contribution >= 4 is 23.5 Å². The summed E-state index contributed by atoms with van der Waals surface area (Å²) in [6.45, 7) is 7.60. The maximum atomic E-state index is 12.9. The molecular formula is C27H36N6O2. The van der Waals surface area contributed by atoms with E-state index in [1.54, 1.807) is 35.4 Å². The molecule has 3 N–H and O–H groups in total. The number of amides is 2. The molecular weight excluding hydrogens is 440 g/mol. The highest BCUT2D eigenvalue weighted by Gasteiger charge is 2.22. The zero-order valence-electron chi connectivity index (χ0n) is 21.0. The number of hydrogen-bond acceptors (Lipinski definition) is 5. The maximum absolute atomic E-state index is 12.9. The molecule has 0 unspecified atom stereocenters. The van der Waals surface area contributed by atoms with Crippen LogP contribution in [0.25, 0.3) is 0 Å². The summed E-state index contributed by atoms with van der Waals surface area (Å²) in [7, 11) is 0. The number of allylic oxidation sites excluding steroid dienone is 4. The maximum Gasteiger partial charge on any atom is 0.274 e. The van der Waals surface area contributed by atoms with Gasteiger partial charge in [0.05, 0.1) is 0 Å². The summed E-state index contributed by atoms with van der Waals surface area (Å²) in [5, 5.41) is 19.3. The molecule has 3 rings (SSSR count). The van der Waals surface area contributed by atoms with E-state index in [1.165, 1.54) is 0 Å². The van der Waals surface area contributed by atoms with Crippen LogP contribution in [0.15, 0.2) is 47.8 Å². The average Bonchev–Trinajstić information content (AvgIpc) is 2.87. The quantitative estimate of drug-likeness (QED) is 0.308. The summed E-state index contributed by atoms with van der Waals surface area (Å²) in [4.78, 5) is 33.1. The molecule has 2 aliphatic rings. The predicted molar refractivity (Wildman–Crippen MR) is 138 cm³/mol. The van der Waals surface area contributed by atoms with E-state index in [0.29, 0.717) is 55.5 Å². The number of carbonyl (C=O) groups is 2. The molecule has 1 aromatic rings. The van der Waals surface area contributed by atoms with Crippen molar-refractivity contribution in [1.29, 1.82) is 10.8 Å². The van der Waals surface area contributed by atoms with E-state index in [0.717, 1.165) is 42.4 Å². The van der Waals surface area contributed by atoms with E-state index < -0.39 is 0 Å². The molecule has 0 radical (unpaired) electrons. The smallest absolute Gasteiger partial charge is 0.274 e.